The third-order valence-electron chi connectivity index (χ3n) is 7.60. The lowest BCUT2D eigenvalue weighted by Crippen LogP contribution is -2.32. The van der Waals surface area contributed by atoms with Gasteiger partial charge in [-0.1, -0.05) is 50.6 Å². The van der Waals surface area contributed by atoms with Crippen LogP contribution in [-0.2, 0) is 19.3 Å². The van der Waals surface area contributed by atoms with Gasteiger partial charge in [0.1, 0.15) is 23.3 Å². The summed E-state index contributed by atoms with van der Waals surface area (Å²) >= 11 is 0. The van der Waals surface area contributed by atoms with Gasteiger partial charge in [0.05, 0.1) is 5.39 Å². The van der Waals surface area contributed by atoms with E-state index in [4.69, 9.17) is 10.5 Å². The van der Waals surface area contributed by atoms with Crippen LogP contribution in [0.4, 0.5) is 19.0 Å². The number of benzene rings is 1. The molecule has 0 aliphatic carbocycles. The third kappa shape index (κ3) is 6.11. The van der Waals surface area contributed by atoms with Crippen molar-refractivity contribution >= 4 is 23.1 Å². The predicted molar refractivity (Wildman–Crippen MR) is 147 cm³/mol. The van der Waals surface area contributed by atoms with Crippen molar-refractivity contribution in [3.63, 3.8) is 0 Å². The zero-order valence-corrected chi connectivity index (χ0v) is 22.4. The number of nitrogen functional groups attached to an aromatic ring is 1. The van der Waals surface area contributed by atoms with E-state index in [1.165, 1.54) is 17.4 Å². The van der Waals surface area contributed by atoms with Crippen molar-refractivity contribution in [2.45, 2.75) is 64.9 Å². The van der Waals surface area contributed by atoms with E-state index in [0.29, 0.717) is 0 Å². The van der Waals surface area contributed by atoms with Gasteiger partial charge in [0.15, 0.2) is 0 Å². The van der Waals surface area contributed by atoms with Gasteiger partial charge in [0.2, 0.25) is 0 Å². The van der Waals surface area contributed by atoms with Crippen LogP contribution in [0.2, 0.25) is 0 Å². The summed E-state index contributed by atoms with van der Waals surface area (Å²) in [6, 6.07) is 8.76. The summed E-state index contributed by atoms with van der Waals surface area (Å²) in [6.07, 6.45) is 4.75. The number of aromatic nitrogens is 3. The van der Waals surface area contributed by atoms with Gasteiger partial charge >= 0.3 is 12.2 Å². The van der Waals surface area contributed by atoms with E-state index in [2.05, 4.69) is 33.7 Å². The Morgan fingerprint density at radius 2 is 1.77 bits per heavy atom. The van der Waals surface area contributed by atoms with Crippen LogP contribution < -0.4 is 10.5 Å². The maximum Gasteiger partial charge on any atom is 0.431 e. The molecule has 0 bridgehead atoms. The van der Waals surface area contributed by atoms with Crippen LogP contribution in [0.1, 0.15) is 56.4 Å². The number of aliphatic imine (C=N–C) groups is 1. The molecule has 2 aliphatic rings. The van der Waals surface area contributed by atoms with Gasteiger partial charge in [-0.25, -0.2) is 0 Å². The molecule has 3 atom stereocenters. The molecule has 4 heterocycles. The standard InChI is InChI=1S/C29H35F3N6O/c1-3-6-24(22-11-12-34-16-19(22)2)39-28-35-26(33)23-15-25(29(30,31)32)38(27(23)36-28)18-21-9-7-20(8-10-21)17-37-13-4-5-14-37/h7-12,15-16,19,22,24H,3-6,13-14,17-18H2,1-2H3,(H2,33,35,36)/t19?,22?,24-/m0/s1. The lowest BCUT2D eigenvalue weighted by Gasteiger charge is -2.28. The molecule has 0 saturated carbocycles. The largest absolute Gasteiger partial charge is 0.459 e. The summed E-state index contributed by atoms with van der Waals surface area (Å²) in [5.41, 5.74) is 7.36. The number of rotatable bonds is 9. The summed E-state index contributed by atoms with van der Waals surface area (Å²) < 4.78 is 49.8. The van der Waals surface area contributed by atoms with Crippen molar-refractivity contribution in [2.24, 2.45) is 16.8 Å². The van der Waals surface area contributed by atoms with Crippen molar-refractivity contribution in [2.75, 3.05) is 18.8 Å². The van der Waals surface area contributed by atoms with Crippen molar-refractivity contribution in [1.82, 2.24) is 19.4 Å². The lowest BCUT2D eigenvalue weighted by molar-refractivity contribution is -0.143. The molecule has 0 amide bonds. The van der Waals surface area contributed by atoms with Crippen LogP contribution in [0, 0.1) is 11.8 Å². The molecule has 2 N–H and O–H groups in total. The second kappa shape index (κ2) is 11.4. The van der Waals surface area contributed by atoms with E-state index in [1.807, 2.05) is 36.6 Å². The Balaban J connectivity index is 1.46. The van der Waals surface area contributed by atoms with Crippen molar-refractivity contribution in [3.05, 3.63) is 59.4 Å². The Bertz CT molecular complexity index is 1340. The fourth-order valence-corrected chi connectivity index (χ4v) is 5.53. The van der Waals surface area contributed by atoms with Gasteiger partial charge in [-0.05, 0) is 49.5 Å². The normalized spacial score (nSPS) is 20.6. The number of nitrogens with two attached hydrogens (primary N) is 1. The average molecular weight is 541 g/mol. The quantitative estimate of drug-likeness (QED) is 0.356. The number of halogens is 3. The van der Waals surface area contributed by atoms with E-state index in [-0.39, 0.29) is 47.3 Å². The lowest BCUT2D eigenvalue weighted by atomic mass is 9.86. The monoisotopic (exact) mass is 540 g/mol. The number of fused-ring (bicyclic) bond motifs is 1. The Hall–Kier alpha value is -3.40. The van der Waals surface area contributed by atoms with Gasteiger partial charge in [0.25, 0.3) is 0 Å². The smallest absolute Gasteiger partial charge is 0.431 e. The van der Waals surface area contributed by atoms with Crippen LogP contribution in [-0.4, -0.2) is 44.8 Å². The number of hydrogen-bond acceptors (Lipinski definition) is 6. The highest BCUT2D eigenvalue weighted by atomic mass is 19.4. The van der Waals surface area contributed by atoms with Crippen LogP contribution in [0.5, 0.6) is 6.01 Å². The van der Waals surface area contributed by atoms with Gasteiger partial charge < -0.3 is 15.0 Å². The van der Waals surface area contributed by atoms with E-state index in [1.54, 1.807) is 6.20 Å². The van der Waals surface area contributed by atoms with Gasteiger partial charge in [0, 0.05) is 37.3 Å². The summed E-state index contributed by atoms with van der Waals surface area (Å²) in [4.78, 5) is 15.3. The number of likely N-dealkylation sites (tertiary alicyclic amines) is 1. The number of hydrogen-bond donors (Lipinski definition) is 1. The second-order valence-electron chi connectivity index (χ2n) is 10.6. The molecule has 39 heavy (non-hydrogen) atoms. The summed E-state index contributed by atoms with van der Waals surface area (Å²) in [7, 11) is 0. The zero-order chi connectivity index (χ0) is 27.6. The fourth-order valence-electron chi connectivity index (χ4n) is 5.53. The van der Waals surface area contributed by atoms with E-state index >= 15 is 0 Å². The molecule has 3 aromatic rings. The molecule has 0 radical (unpaired) electrons. The maximum atomic E-state index is 14.1. The van der Waals surface area contributed by atoms with Crippen LogP contribution >= 0.6 is 0 Å². The van der Waals surface area contributed by atoms with Crippen LogP contribution in [0.3, 0.4) is 0 Å². The summed E-state index contributed by atoms with van der Waals surface area (Å²) in [5.74, 6) is 0.144. The Labute approximate surface area is 226 Å². The Morgan fingerprint density at radius 3 is 2.41 bits per heavy atom. The molecule has 10 heteroatoms. The number of alkyl halides is 3. The number of anilines is 1. The molecule has 5 rings (SSSR count). The molecular formula is C29H35F3N6O. The van der Waals surface area contributed by atoms with Crippen LogP contribution in [0.25, 0.3) is 11.0 Å². The second-order valence-corrected chi connectivity index (χ2v) is 10.6. The van der Waals surface area contributed by atoms with Gasteiger partial charge in [-0.2, -0.15) is 23.1 Å². The topological polar surface area (TPSA) is 81.6 Å². The molecular weight excluding hydrogens is 505 g/mol. The highest BCUT2D eigenvalue weighted by Gasteiger charge is 2.37. The third-order valence-corrected chi connectivity index (χ3v) is 7.60. The first kappa shape index (κ1) is 27.2. The molecule has 208 valence electrons. The zero-order valence-electron chi connectivity index (χ0n) is 22.4. The minimum absolute atomic E-state index is 0.00448. The highest BCUT2D eigenvalue weighted by molar-refractivity contribution is 5.88. The van der Waals surface area contributed by atoms with E-state index in [0.717, 1.165) is 49.7 Å². The van der Waals surface area contributed by atoms with Gasteiger partial charge in [-0.3, -0.25) is 9.89 Å². The molecule has 7 nitrogen and oxygen atoms in total. The summed E-state index contributed by atoms with van der Waals surface area (Å²) in [5, 5.41) is 0.158. The van der Waals surface area contributed by atoms with Crippen LogP contribution in [0.15, 0.2) is 47.6 Å². The first-order valence-electron chi connectivity index (χ1n) is 13.6. The van der Waals surface area contributed by atoms with E-state index in [9.17, 15) is 13.2 Å². The molecule has 2 aliphatic heterocycles. The number of ether oxygens (including phenoxy) is 1. The Morgan fingerprint density at radius 1 is 1.08 bits per heavy atom. The predicted octanol–water partition coefficient (Wildman–Crippen LogP) is 6.07. The SMILES string of the molecule is CCC[C@H](Oc1nc(N)c2cc(C(F)(F)F)n(Cc3ccc(CN4CCCC4)cc3)c2n1)C1C=CN=CC1C. The number of nitrogens with zero attached hydrogens (tertiary/aromatic N) is 5. The van der Waals surface area contributed by atoms with Crippen molar-refractivity contribution < 1.29 is 17.9 Å². The average Bonchev–Trinajstić information content (AvgIpc) is 3.54. The van der Waals surface area contributed by atoms with Gasteiger partial charge in [-0.15, -0.1) is 0 Å². The van der Waals surface area contributed by atoms with Crippen molar-refractivity contribution in [3.8, 4) is 6.01 Å². The minimum Gasteiger partial charge on any atom is -0.459 e. The fraction of sp³-hybridized carbons (Fsp3) is 0.483. The highest BCUT2D eigenvalue weighted by Crippen LogP contribution is 2.36. The molecule has 1 aromatic carbocycles. The molecule has 2 unspecified atom stereocenters. The first-order valence-corrected chi connectivity index (χ1v) is 13.6. The van der Waals surface area contributed by atoms with E-state index < -0.39 is 11.9 Å². The Kier molecular flexibility index (Phi) is 7.93. The molecule has 0 spiro atoms. The maximum absolute atomic E-state index is 14.1. The summed E-state index contributed by atoms with van der Waals surface area (Å²) in [6.45, 7) is 7.12. The first-order chi connectivity index (χ1) is 18.7. The molecule has 2 aromatic heterocycles. The minimum atomic E-state index is -4.59. The molecule has 1 fully saturated rings. The molecule has 1 saturated heterocycles. The van der Waals surface area contributed by atoms with Crippen molar-refractivity contribution in [1.29, 1.82) is 0 Å².